The number of anilines is 1. The molecule has 0 amide bonds. The van der Waals surface area contributed by atoms with E-state index in [0.717, 1.165) is 11.2 Å². The largest absolute Gasteiger partial charge is 0.427 e. The molecule has 1 N–H and O–H groups in total. The highest BCUT2D eigenvalue weighted by molar-refractivity contribution is 7.15. The Morgan fingerprint density at radius 2 is 2.12 bits per heavy atom. The number of nitrogens with zero attached hydrogens (tertiary/aromatic N) is 2. The van der Waals surface area contributed by atoms with Crippen molar-refractivity contribution in [2.24, 2.45) is 0 Å². The first-order valence-electron chi connectivity index (χ1n) is 4.21. The molecule has 0 radical (unpaired) electrons. The third kappa shape index (κ3) is 2.70. The van der Waals surface area contributed by atoms with Crippen molar-refractivity contribution in [2.75, 3.05) is 5.32 Å². The summed E-state index contributed by atoms with van der Waals surface area (Å²) in [5, 5.41) is 5.66. The Morgan fingerprint density at radius 3 is 2.69 bits per heavy atom. The van der Waals surface area contributed by atoms with Gasteiger partial charge in [-0.3, -0.25) is 0 Å². The lowest BCUT2D eigenvalue weighted by atomic mass is 10.5. The van der Waals surface area contributed by atoms with E-state index in [1.165, 1.54) is 11.3 Å². The minimum Gasteiger partial charge on any atom is -0.355 e. The van der Waals surface area contributed by atoms with E-state index in [9.17, 15) is 13.2 Å². The number of thiazole rings is 2. The van der Waals surface area contributed by atoms with Crippen molar-refractivity contribution in [3.63, 3.8) is 0 Å². The summed E-state index contributed by atoms with van der Waals surface area (Å²) in [5.41, 5.74) is 0. The maximum atomic E-state index is 12.2. The molecule has 16 heavy (non-hydrogen) atoms. The van der Waals surface area contributed by atoms with E-state index < -0.39 is 11.1 Å². The number of alkyl halides is 3. The minimum absolute atomic E-state index is 0.252. The first-order valence-corrected chi connectivity index (χ1v) is 5.90. The molecule has 0 saturated heterocycles. The fraction of sp³-hybridized carbons (Fsp3) is 0.250. The van der Waals surface area contributed by atoms with E-state index in [0.29, 0.717) is 17.9 Å². The highest BCUT2D eigenvalue weighted by Crippen LogP contribution is 2.35. The minimum atomic E-state index is -4.32. The standard InChI is InChI=1S/C8H6F3N3S2/c9-8(10,11)5-3-13-7(16-5)14-4-6-12-1-2-15-6/h1-3H,4H2,(H,13,14). The lowest BCUT2D eigenvalue weighted by molar-refractivity contribution is -0.134. The number of halogens is 3. The first-order chi connectivity index (χ1) is 7.55. The van der Waals surface area contributed by atoms with Crippen LogP contribution < -0.4 is 5.32 Å². The maximum Gasteiger partial charge on any atom is 0.427 e. The molecule has 86 valence electrons. The second kappa shape index (κ2) is 4.38. The molecule has 0 saturated carbocycles. The van der Waals surface area contributed by atoms with Gasteiger partial charge in [0.05, 0.1) is 12.7 Å². The van der Waals surface area contributed by atoms with Crippen LogP contribution in [0.2, 0.25) is 0 Å². The van der Waals surface area contributed by atoms with Gasteiger partial charge in [0.2, 0.25) is 0 Å². The molecule has 0 fully saturated rings. The van der Waals surface area contributed by atoms with Gasteiger partial charge in [-0.05, 0) is 0 Å². The van der Waals surface area contributed by atoms with Crippen LogP contribution in [0.15, 0.2) is 17.8 Å². The van der Waals surface area contributed by atoms with Crippen LogP contribution in [0.4, 0.5) is 18.3 Å². The fourth-order valence-corrected chi connectivity index (χ4v) is 2.21. The zero-order valence-electron chi connectivity index (χ0n) is 7.78. The normalized spacial score (nSPS) is 11.7. The molecule has 2 aromatic rings. The van der Waals surface area contributed by atoms with Gasteiger partial charge in [-0.2, -0.15) is 13.2 Å². The molecule has 0 aliphatic carbocycles. The molecule has 2 rings (SSSR count). The Kier molecular flexibility index (Phi) is 3.10. The Morgan fingerprint density at radius 1 is 1.31 bits per heavy atom. The lowest BCUT2D eigenvalue weighted by Crippen LogP contribution is -2.00. The summed E-state index contributed by atoms with van der Waals surface area (Å²) in [6, 6.07) is 0. The van der Waals surface area contributed by atoms with Crippen molar-refractivity contribution in [3.8, 4) is 0 Å². The highest BCUT2D eigenvalue weighted by Gasteiger charge is 2.33. The summed E-state index contributed by atoms with van der Waals surface area (Å²) in [6.45, 7) is 0.391. The van der Waals surface area contributed by atoms with Crippen LogP contribution in [0, 0.1) is 0 Å². The highest BCUT2D eigenvalue weighted by atomic mass is 32.1. The zero-order chi connectivity index (χ0) is 11.6. The Hall–Kier alpha value is -1.15. The van der Waals surface area contributed by atoms with Gasteiger partial charge in [0.15, 0.2) is 5.13 Å². The van der Waals surface area contributed by atoms with Gasteiger partial charge < -0.3 is 5.32 Å². The van der Waals surface area contributed by atoms with Crippen LogP contribution in [0.5, 0.6) is 0 Å². The monoisotopic (exact) mass is 265 g/mol. The van der Waals surface area contributed by atoms with Gasteiger partial charge in [0.25, 0.3) is 0 Å². The lowest BCUT2D eigenvalue weighted by Gasteiger charge is -2.00. The second-order valence-corrected chi connectivity index (χ2v) is 4.82. The van der Waals surface area contributed by atoms with Gasteiger partial charge in [0.1, 0.15) is 9.88 Å². The van der Waals surface area contributed by atoms with Crippen molar-refractivity contribution >= 4 is 27.8 Å². The summed E-state index contributed by atoms with van der Waals surface area (Å²) in [7, 11) is 0. The van der Waals surface area contributed by atoms with Gasteiger partial charge in [-0.1, -0.05) is 11.3 Å². The summed E-state index contributed by atoms with van der Waals surface area (Å²) in [4.78, 5) is 6.94. The van der Waals surface area contributed by atoms with E-state index in [1.54, 1.807) is 11.6 Å². The summed E-state index contributed by atoms with van der Waals surface area (Å²) >= 11 is 2.03. The predicted octanol–water partition coefficient (Wildman–Crippen LogP) is 3.23. The second-order valence-electron chi connectivity index (χ2n) is 2.81. The van der Waals surface area contributed by atoms with E-state index >= 15 is 0 Å². The number of aromatic nitrogens is 2. The number of rotatable bonds is 3. The number of nitrogens with one attached hydrogen (secondary N) is 1. The third-order valence-corrected chi connectivity index (χ3v) is 3.44. The molecule has 0 aliphatic rings. The van der Waals surface area contributed by atoms with Crippen molar-refractivity contribution in [1.82, 2.24) is 9.97 Å². The molecule has 0 unspecified atom stereocenters. The van der Waals surface area contributed by atoms with Crippen molar-refractivity contribution in [1.29, 1.82) is 0 Å². The smallest absolute Gasteiger partial charge is 0.355 e. The molecule has 2 heterocycles. The van der Waals surface area contributed by atoms with Gasteiger partial charge >= 0.3 is 6.18 Å². The molecule has 2 aromatic heterocycles. The molecule has 0 bridgehead atoms. The number of hydrogen-bond acceptors (Lipinski definition) is 5. The van der Waals surface area contributed by atoms with Crippen molar-refractivity contribution in [2.45, 2.75) is 12.7 Å². The quantitative estimate of drug-likeness (QED) is 0.925. The molecule has 0 atom stereocenters. The van der Waals surface area contributed by atoms with Crippen LogP contribution in [0.25, 0.3) is 0 Å². The molecule has 3 nitrogen and oxygen atoms in total. The Labute approximate surface area is 97.0 Å². The SMILES string of the molecule is FC(F)(F)c1cnc(NCc2nccs2)s1. The van der Waals surface area contributed by atoms with Gasteiger partial charge in [-0.15, -0.1) is 11.3 Å². The molecule has 0 spiro atoms. The summed E-state index contributed by atoms with van der Waals surface area (Å²) in [5.74, 6) is 0. The van der Waals surface area contributed by atoms with Crippen LogP contribution in [-0.4, -0.2) is 9.97 Å². The van der Waals surface area contributed by atoms with Gasteiger partial charge in [-0.25, -0.2) is 9.97 Å². The summed E-state index contributed by atoms with van der Waals surface area (Å²) < 4.78 is 36.7. The van der Waals surface area contributed by atoms with Crippen LogP contribution in [0.3, 0.4) is 0 Å². The van der Waals surface area contributed by atoms with Crippen LogP contribution in [-0.2, 0) is 12.7 Å². The van der Waals surface area contributed by atoms with E-state index in [1.807, 2.05) is 0 Å². The van der Waals surface area contributed by atoms with E-state index in [4.69, 9.17) is 0 Å². The molecular formula is C8H6F3N3S2. The van der Waals surface area contributed by atoms with Gasteiger partial charge in [0, 0.05) is 11.6 Å². The van der Waals surface area contributed by atoms with Crippen LogP contribution >= 0.6 is 22.7 Å². The van der Waals surface area contributed by atoms with Crippen molar-refractivity contribution in [3.05, 3.63) is 27.7 Å². The fourth-order valence-electron chi connectivity index (χ4n) is 0.978. The molecule has 8 heteroatoms. The van der Waals surface area contributed by atoms with Crippen molar-refractivity contribution < 1.29 is 13.2 Å². The molecular weight excluding hydrogens is 259 g/mol. The zero-order valence-corrected chi connectivity index (χ0v) is 9.42. The van der Waals surface area contributed by atoms with Crippen LogP contribution in [0.1, 0.15) is 9.88 Å². The molecule has 0 aliphatic heterocycles. The topological polar surface area (TPSA) is 37.8 Å². The average Bonchev–Trinajstić information content (AvgIpc) is 2.85. The average molecular weight is 265 g/mol. The van der Waals surface area contributed by atoms with E-state index in [2.05, 4.69) is 15.3 Å². The Bertz CT molecular complexity index is 449. The summed E-state index contributed by atoms with van der Waals surface area (Å²) in [6.07, 6.45) is -1.85. The Balaban J connectivity index is 1.98. The first kappa shape index (κ1) is 11.3. The number of hydrogen-bond donors (Lipinski definition) is 1. The molecule has 0 aromatic carbocycles. The third-order valence-electron chi connectivity index (χ3n) is 1.66. The van der Waals surface area contributed by atoms with E-state index in [-0.39, 0.29) is 5.13 Å². The maximum absolute atomic E-state index is 12.2. The predicted molar refractivity (Wildman–Crippen MR) is 56.6 cm³/mol.